The Balaban J connectivity index is 2.17. The third-order valence-electron chi connectivity index (χ3n) is 3.25. The standard InChI is InChI=1S/C17H17ClO4/c1-11-5-4-6-16(22-17(19)20-3)14(11)10-21-13-8-7-12(2)15(18)9-13/h4-9H,10H2,1-3H3. The van der Waals surface area contributed by atoms with Gasteiger partial charge in [-0.25, -0.2) is 4.79 Å². The molecule has 22 heavy (non-hydrogen) atoms. The first-order valence-corrected chi connectivity index (χ1v) is 7.12. The summed E-state index contributed by atoms with van der Waals surface area (Å²) in [6.45, 7) is 4.11. The fraction of sp³-hybridized carbons (Fsp3) is 0.235. The molecule has 0 N–H and O–H groups in total. The molecule has 0 heterocycles. The summed E-state index contributed by atoms with van der Waals surface area (Å²) in [6.07, 6.45) is -0.759. The summed E-state index contributed by atoms with van der Waals surface area (Å²) in [5.41, 5.74) is 2.73. The van der Waals surface area contributed by atoms with Crippen LogP contribution in [0, 0.1) is 13.8 Å². The smallest absolute Gasteiger partial charge is 0.489 e. The largest absolute Gasteiger partial charge is 0.513 e. The molecule has 0 fully saturated rings. The lowest BCUT2D eigenvalue weighted by atomic mass is 10.1. The molecule has 0 spiro atoms. The highest BCUT2D eigenvalue weighted by atomic mass is 35.5. The van der Waals surface area contributed by atoms with E-state index in [1.165, 1.54) is 7.11 Å². The molecule has 0 amide bonds. The lowest BCUT2D eigenvalue weighted by Crippen LogP contribution is -2.10. The van der Waals surface area contributed by atoms with E-state index in [9.17, 15) is 4.79 Å². The highest BCUT2D eigenvalue weighted by Crippen LogP contribution is 2.26. The second-order valence-corrected chi connectivity index (χ2v) is 5.21. The van der Waals surface area contributed by atoms with Crippen molar-refractivity contribution in [2.45, 2.75) is 20.5 Å². The molecule has 0 aromatic heterocycles. The summed E-state index contributed by atoms with van der Waals surface area (Å²) in [5.74, 6) is 1.08. The number of hydrogen-bond donors (Lipinski definition) is 0. The summed E-state index contributed by atoms with van der Waals surface area (Å²) in [4.78, 5) is 11.3. The van der Waals surface area contributed by atoms with Gasteiger partial charge >= 0.3 is 6.16 Å². The normalized spacial score (nSPS) is 10.2. The second-order valence-electron chi connectivity index (χ2n) is 4.81. The summed E-state index contributed by atoms with van der Waals surface area (Å²) >= 11 is 6.08. The lowest BCUT2D eigenvalue weighted by Gasteiger charge is -2.13. The highest BCUT2D eigenvalue weighted by Gasteiger charge is 2.12. The molecule has 0 radical (unpaired) electrons. The van der Waals surface area contributed by atoms with Gasteiger partial charge in [-0.3, -0.25) is 0 Å². The predicted molar refractivity (Wildman–Crippen MR) is 84.7 cm³/mol. The molecular weight excluding hydrogens is 304 g/mol. The van der Waals surface area contributed by atoms with Crippen LogP contribution >= 0.6 is 11.6 Å². The van der Waals surface area contributed by atoms with Gasteiger partial charge in [0.05, 0.1) is 7.11 Å². The Morgan fingerprint density at radius 2 is 1.91 bits per heavy atom. The molecular formula is C17H17ClO4. The van der Waals surface area contributed by atoms with Crippen LogP contribution in [0.2, 0.25) is 5.02 Å². The third-order valence-corrected chi connectivity index (χ3v) is 3.66. The molecule has 0 saturated heterocycles. The van der Waals surface area contributed by atoms with E-state index in [1.807, 2.05) is 32.0 Å². The van der Waals surface area contributed by atoms with Crippen molar-refractivity contribution in [2.24, 2.45) is 0 Å². The van der Waals surface area contributed by atoms with Crippen molar-refractivity contribution in [1.82, 2.24) is 0 Å². The van der Waals surface area contributed by atoms with Crippen molar-refractivity contribution in [3.8, 4) is 11.5 Å². The zero-order chi connectivity index (χ0) is 16.1. The van der Waals surface area contributed by atoms with Gasteiger partial charge < -0.3 is 14.2 Å². The molecule has 0 aliphatic heterocycles. The Hall–Kier alpha value is -2.20. The van der Waals surface area contributed by atoms with E-state index in [4.69, 9.17) is 21.1 Å². The fourth-order valence-electron chi connectivity index (χ4n) is 1.91. The van der Waals surface area contributed by atoms with E-state index in [-0.39, 0.29) is 6.61 Å². The molecule has 116 valence electrons. The van der Waals surface area contributed by atoms with E-state index in [0.717, 1.165) is 16.7 Å². The Morgan fingerprint density at radius 3 is 2.59 bits per heavy atom. The Bertz CT molecular complexity index is 682. The number of ether oxygens (including phenoxy) is 3. The molecule has 0 atom stereocenters. The van der Waals surface area contributed by atoms with Gasteiger partial charge in [0.15, 0.2) is 0 Å². The van der Waals surface area contributed by atoms with Crippen molar-refractivity contribution in [3.05, 3.63) is 58.1 Å². The first-order valence-electron chi connectivity index (χ1n) is 6.74. The van der Waals surface area contributed by atoms with Crippen molar-refractivity contribution < 1.29 is 19.0 Å². The average molecular weight is 321 g/mol. The minimum absolute atomic E-state index is 0.262. The fourth-order valence-corrected chi connectivity index (χ4v) is 2.08. The van der Waals surface area contributed by atoms with Crippen LogP contribution in [0.15, 0.2) is 36.4 Å². The van der Waals surface area contributed by atoms with E-state index in [2.05, 4.69) is 4.74 Å². The zero-order valence-electron chi connectivity index (χ0n) is 12.7. The molecule has 0 aliphatic carbocycles. The second kappa shape index (κ2) is 7.18. The van der Waals surface area contributed by atoms with E-state index >= 15 is 0 Å². The summed E-state index contributed by atoms with van der Waals surface area (Å²) in [6, 6.07) is 10.9. The van der Waals surface area contributed by atoms with Crippen molar-refractivity contribution in [3.63, 3.8) is 0 Å². The van der Waals surface area contributed by atoms with Gasteiger partial charge in [0.25, 0.3) is 0 Å². The summed E-state index contributed by atoms with van der Waals surface area (Å²) in [5, 5.41) is 0.647. The van der Waals surface area contributed by atoms with Gasteiger partial charge in [-0.1, -0.05) is 29.8 Å². The predicted octanol–water partition coefficient (Wildman–Crippen LogP) is 4.68. The molecule has 4 nitrogen and oxygen atoms in total. The van der Waals surface area contributed by atoms with Crippen LogP contribution in [-0.2, 0) is 11.3 Å². The van der Waals surface area contributed by atoms with Crippen LogP contribution in [0.4, 0.5) is 4.79 Å². The first-order chi connectivity index (χ1) is 10.5. The van der Waals surface area contributed by atoms with E-state index < -0.39 is 6.16 Å². The van der Waals surface area contributed by atoms with Crippen LogP contribution in [0.3, 0.4) is 0 Å². The zero-order valence-corrected chi connectivity index (χ0v) is 13.4. The summed E-state index contributed by atoms with van der Waals surface area (Å²) < 4.78 is 15.4. The number of halogens is 1. The van der Waals surface area contributed by atoms with Crippen LogP contribution in [0.1, 0.15) is 16.7 Å². The Kier molecular flexibility index (Phi) is 5.28. The van der Waals surface area contributed by atoms with Crippen LogP contribution < -0.4 is 9.47 Å². The SMILES string of the molecule is COC(=O)Oc1cccc(C)c1COc1ccc(C)c(Cl)c1. The molecule has 2 aromatic carbocycles. The maximum absolute atomic E-state index is 11.3. The number of carbonyl (C=O) groups excluding carboxylic acids is 1. The van der Waals surface area contributed by atoms with Crippen LogP contribution in [-0.4, -0.2) is 13.3 Å². The summed E-state index contributed by atoms with van der Waals surface area (Å²) in [7, 11) is 1.27. The quantitative estimate of drug-likeness (QED) is 0.606. The first kappa shape index (κ1) is 16.2. The lowest BCUT2D eigenvalue weighted by molar-refractivity contribution is 0.120. The molecule has 0 bridgehead atoms. The number of methoxy groups -OCH3 is 1. The van der Waals surface area contributed by atoms with Gasteiger partial charge in [0.2, 0.25) is 0 Å². The van der Waals surface area contributed by atoms with Crippen LogP contribution in [0.25, 0.3) is 0 Å². The minimum atomic E-state index is -0.759. The van der Waals surface area contributed by atoms with Crippen molar-refractivity contribution in [1.29, 1.82) is 0 Å². The van der Waals surface area contributed by atoms with Gasteiger partial charge in [-0.05, 0) is 43.2 Å². The monoisotopic (exact) mass is 320 g/mol. The third kappa shape index (κ3) is 3.92. The topological polar surface area (TPSA) is 44.8 Å². The molecule has 0 unspecified atom stereocenters. The van der Waals surface area contributed by atoms with E-state index in [1.54, 1.807) is 18.2 Å². The molecule has 2 rings (SSSR count). The maximum Gasteiger partial charge on any atom is 0.513 e. The average Bonchev–Trinajstić information content (AvgIpc) is 2.50. The molecule has 2 aromatic rings. The van der Waals surface area contributed by atoms with Crippen molar-refractivity contribution >= 4 is 17.8 Å². The van der Waals surface area contributed by atoms with E-state index in [0.29, 0.717) is 16.5 Å². The minimum Gasteiger partial charge on any atom is -0.489 e. The van der Waals surface area contributed by atoms with Gasteiger partial charge in [0.1, 0.15) is 18.1 Å². The molecule has 5 heteroatoms. The maximum atomic E-state index is 11.3. The Morgan fingerprint density at radius 1 is 1.14 bits per heavy atom. The highest BCUT2D eigenvalue weighted by molar-refractivity contribution is 6.31. The number of hydrogen-bond acceptors (Lipinski definition) is 4. The molecule has 0 aliphatic rings. The Labute approximate surface area is 134 Å². The van der Waals surface area contributed by atoms with Gasteiger partial charge in [-0.15, -0.1) is 0 Å². The number of carbonyl (C=O) groups is 1. The number of aryl methyl sites for hydroxylation is 2. The van der Waals surface area contributed by atoms with Crippen LogP contribution in [0.5, 0.6) is 11.5 Å². The van der Waals surface area contributed by atoms with Gasteiger partial charge in [0, 0.05) is 10.6 Å². The number of benzene rings is 2. The van der Waals surface area contributed by atoms with Gasteiger partial charge in [-0.2, -0.15) is 0 Å². The number of rotatable bonds is 4. The molecule has 0 saturated carbocycles. The van der Waals surface area contributed by atoms with Crippen molar-refractivity contribution in [2.75, 3.05) is 7.11 Å².